The fraction of sp³-hybridized carbons (Fsp3) is 0. The fourth-order valence-electron chi connectivity index (χ4n) is 2.18. The average Bonchev–Trinajstić information content (AvgIpc) is 2.68. The summed E-state index contributed by atoms with van der Waals surface area (Å²) in [5, 5.41) is 10.6. The van der Waals surface area contributed by atoms with Crippen molar-refractivity contribution < 1.29 is 18.8 Å². The molecule has 0 amide bonds. The minimum Gasteiger partial charge on any atom is -0.423 e. The molecule has 7 heteroatoms. The molecule has 0 heterocycles. The first-order valence-corrected chi connectivity index (χ1v) is 7.87. The van der Waals surface area contributed by atoms with Crippen molar-refractivity contribution in [3.63, 3.8) is 0 Å². The van der Waals surface area contributed by atoms with Crippen molar-refractivity contribution >= 4 is 23.6 Å². The predicted octanol–water partition coefficient (Wildman–Crippen LogP) is 4.70. The lowest BCUT2D eigenvalue weighted by Crippen LogP contribution is -2.08. The first-order chi connectivity index (χ1) is 13.0. The van der Waals surface area contributed by atoms with Gasteiger partial charge in [-0.15, -0.1) is 0 Å². The number of nitro groups is 1. The molecule has 0 aliphatic rings. The van der Waals surface area contributed by atoms with Gasteiger partial charge in [0.1, 0.15) is 11.6 Å². The Hall–Kier alpha value is -3.87. The summed E-state index contributed by atoms with van der Waals surface area (Å²) in [6.07, 6.45) is 1.59. The van der Waals surface area contributed by atoms with Crippen molar-refractivity contribution in [2.24, 2.45) is 4.99 Å². The number of halogens is 1. The molecule has 0 aliphatic carbocycles. The number of benzene rings is 3. The third-order valence-electron chi connectivity index (χ3n) is 3.59. The number of esters is 1. The van der Waals surface area contributed by atoms with Crippen molar-refractivity contribution in [1.29, 1.82) is 0 Å². The zero-order valence-electron chi connectivity index (χ0n) is 13.9. The van der Waals surface area contributed by atoms with Gasteiger partial charge in [-0.2, -0.15) is 0 Å². The number of ether oxygens (including phenoxy) is 1. The third kappa shape index (κ3) is 4.82. The molecule has 3 aromatic carbocycles. The molecule has 0 aromatic heterocycles. The van der Waals surface area contributed by atoms with Gasteiger partial charge in [-0.25, -0.2) is 9.18 Å². The number of hydrogen-bond donors (Lipinski definition) is 0. The highest BCUT2D eigenvalue weighted by Crippen LogP contribution is 2.19. The normalized spacial score (nSPS) is 10.7. The molecular weight excluding hydrogens is 351 g/mol. The molecule has 0 radical (unpaired) electrons. The second-order valence-corrected chi connectivity index (χ2v) is 5.50. The Kier molecular flexibility index (Phi) is 5.32. The Morgan fingerprint density at radius 1 is 0.963 bits per heavy atom. The van der Waals surface area contributed by atoms with Crippen LogP contribution in [0.25, 0.3) is 0 Å². The summed E-state index contributed by atoms with van der Waals surface area (Å²) in [7, 11) is 0. The van der Waals surface area contributed by atoms with E-state index in [0.717, 1.165) is 5.56 Å². The molecule has 0 unspecified atom stereocenters. The van der Waals surface area contributed by atoms with Gasteiger partial charge in [0, 0.05) is 18.3 Å². The maximum absolute atomic E-state index is 12.9. The molecular formula is C20H13FN2O4. The minimum absolute atomic E-state index is 0.0850. The van der Waals surface area contributed by atoms with Crippen molar-refractivity contribution in [3.05, 3.63) is 99.9 Å². The molecule has 0 saturated heterocycles. The van der Waals surface area contributed by atoms with E-state index in [1.165, 1.54) is 36.4 Å². The Balaban J connectivity index is 1.64. The Labute approximate surface area is 153 Å². The highest BCUT2D eigenvalue weighted by molar-refractivity contribution is 5.91. The molecule has 0 bridgehead atoms. The van der Waals surface area contributed by atoms with Crippen LogP contribution in [-0.2, 0) is 0 Å². The van der Waals surface area contributed by atoms with E-state index in [1.54, 1.807) is 42.6 Å². The van der Waals surface area contributed by atoms with E-state index in [0.29, 0.717) is 11.3 Å². The molecule has 0 saturated carbocycles. The van der Waals surface area contributed by atoms with Gasteiger partial charge in [0.25, 0.3) is 5.69 Å². The zero-order valence-corrected chi connectivity index (χ0v) is 13.9. The van der Waals surface area contributed by atoms with Gasteiger partial charge in [0.15, 0.2) is 0 Å². The number of nitrogens with zero attached hydrogens (tertiary/aromatic N) is 2. The van der Waals surface area contributed by atoms with Gasteiger partial charge in [-0.1, -0.05) is 12.1 Å². The van der Waals surface area contributed by atoms with Crippen molar-refractivity contribution in [3.8, 4) is 5.75 Å². The molecule has 3 rings (SSSR count). The molecule has 0 N–H and O–H groups in total. The minimum atomic E-state index is -0.585. The van der Waals surface area contributed by atoms with Crippen LogP contribution in [0.1, 0.15) is 15.9 Å². The summed E-state index contributed by atoms with van der Waals surface area (Å²) >= 11 is 0. The standard InChI is InChI=1S/C20H13FN2O4/c21-16-5-1-14(2-6-16)13-22-17-7-3-15(4-8-17)20(24)27-19-11-9-18(10-12-19)23(25)26/h1-13H. The first-order valence-electron chi connectivity index (χ1n) is 7.87. The van der Waals surface area contributed by atoms with E-state index in [4.69, 9.17) is 4.74 Å². The van der Waals surface area contributed by atoms with E-state index in [2.05, 4.69) is 4.99 Å². The van der Waals surface area contributed by atoms with Gasteiger partial charge in [0.05, 0.1) is 16.2 Å². The van der Waals surface area contributed by atoms with E-state index >= 15 is 0 Å². The summed E-state index contributed by atoms with van der Waals surface area (Å²) in [6, 6.07) is 17.6. The van der Waals surface area contributed by atoms with Gasteiger partial charge in [0.2, 0.25) is 0 Å². The topological polar surface area (TPSA) is 81.8 Å². The zero-order chi connectivity index (χ0) is 19.2. The molecule has 134 valence electrons. The highest BCUT2D eigenvalue weighted by Gasteiger charge is 2.10. The predicted molar refractivity (Wildman–Crippen MR) is 98.2 cm³/mol. The average molecular weight is 364 g/mol. The molecule has 0 atom stereocenters. The number of hydrogen-bond acceptors (Lipinski definition) is 5. The second-order valence-electron chi connectivity index (χ2n) is 5.50. The smallest absolute Gasteiger partial charge is 0.343 e. The molecule has 0 spiro atoms. The van der Waals surface area contributed by atoms with Gasteiger partial charge < -0.3 is 4.74 Å². The summed E-state index contributed by atoms with van der Waals surface area (Å²) in [6.45, 7) is 0. The van der Waals surface area contributed by atoms with Crippen LogP contribution >= 0.6 is 0 Å². The van der Waals surface area contributed by atoms with E-state index in [9.17, 15) is 19.3 Å². The molecule has 6 nitrogen and oxygen atoms in total. The number of carbonyl (C=O) groups is 1. The molecule has 0 aliphatic heterocycles. The van der Waals surface area contributed by atoms with E-state index in [1.807, 2.05) is 0 Å². The molecule has 3 aromatic rings. The monoisotopic (exact) mass is 364 g/mol. The second kappa shape index (κ2) is 8.01. The van der Waals surface area contributed by atoms with Crippen LogP contribution in [0.3, 0.4) is 0 Å². The van der Waals surface area contributed by atoms with E-state index < -0.39 is 10.9 Å². The van der Waals surface area contributed by atoms with Crippen LogP contribution in [0.5, 0.6) is 5.75 Å². The lowest BCUT2D eigenvalue weighted by Gasteiger charge is -2.04. The van der Waals surface area contributed by atoms with Gasteiger partial charge in [-0.05, 0) is 54.1 Å². The first kappa shape index (κ1) is 17.9. The van der Waals surface area contributed by atoms with Crippen molar-refractivity contribution in [2.75, 3.05) is 0 Å². The number of nitro benzene ring substituents is 1. The fourth-order valence-corrected chi connectivity index (χ4v) is 2.18. The van der Waals surface area contributed by atoms with Crippen LogP contribution in [0, 0.1) is 15.9 Å². The summed E-state index contributed by atoms with van der Waals surface area (Å²) in [4.78, 5) is 26.5. The maximum atomic E-state index is 12.9. The summed E-state index contributed by atoms with van der Waals surface area (Å²) < 4.78 is 18.0. The van der Waals surface area contributed by atoms with Crippen molar-refractivity contribution in [2.45, 2.75) is 0 Å². The number of aliphatic imine (C=N–C) groups is 1. The summed E-state index contributed by atoms with van der Waals surface area (Å²) in [5.74, 6) is -0.690. The third-order valence-corrected chi connectivity index (χ3v) is 3.59. The number of non-ortho nitro benzene ring substituents is 1. The lowest BCUT2D eigenvalue weighted by atomic mass is 10.2. The van der Waals surface area contributed by atoms with Gasteiger partial charge >= 0.3 is 5.97 Å². The van der Waals surface area contributed by atoms with Gasteiger partial charge in [-0.3, -0.25) is 15.1 Å². The van der Waals surface area contributed by atoms with Crippen LogP contribution in [0.15, 0.2) is 77.8 Å². The highest BCUT2D eigenvalue weighted by atomic mass is 19.1. The largest absolute Gasteiger partial charge is 0.423 e. The Bertz CT molecular complexity index is 982. The Morgan fingerprint density at radius 3 is 2.19 bits per heavy atom. The van der Waals surface area contributed by atoms with Crippen molar-refractivity contribution in [1.82, 2.24) is 0 Å². The van der Waals surface area contributed by atoms with Crippen LogP contribution in [0.2, 0.25) is 0 Å². The Morgan fingerprint density at radius 2 is 1.59 bits per heavy atom. The molecule has 27 heavy (non-hydrogen) atoms. The quantitative estimate of drug-likeness (QED) is 0.216. The number of rotatable bonds is 5. The van der Waals surface area contributed by atoms with Crippen LogP contribution < -0.4 is 4.74 Å². The maximum Gasteiger partial charge on any atom is 0.343 e. The van der Waals surface area contributed by atoms with E-state index in [-0.39, 0.29) is 17.3 Å². The number of carbonyl (C=O) groups excluding carboxylic acids is 1. The van der Waals surface area contributed by atoms with Crippen LogP contribution in [0.4, 0.5) is 15.8 Å². The lowest BCUT2D eigenvalue weighted by molar-refractivity contribution is -0.384. The van der Waals surface area contributed by atoms with Crippen LogP contribution in [-0.4, -0.2) is 17.1 Å². The summed E-state index contributed by atoms with van der Waals surface area (Å²) in [5.41, 5.74) is 1.59. The SMILES string of the molecule is O=C(Oc1ccc([N+](=O)[O-])cc1)c1ccc(N=Cc2ccc(F)cc2)cc1. The molecule has 0 fully saturated rings.